The predicted octanol–water partition coefficient (Wildman–Crippen LogP) is 13.5. The number of allylic oxidation sites excluding steroid dienone is 4. The number of nitrogens with zero attached hydrogens (tertiary/aromatic N) is 2. The summed E-state index contributed by atoms with van der Waals surface area (Å²) in [5.41, 5.74) is 17.5. The number of aromatic nitrogens is 1. The quantitative estimate of drug-likeness (QED) is 0.119. The van der Waals surface area contributed by atoms with Crippen molar-refractivity contribution in [2.45, 2.75) is 38.1 Å². The van der Waals surface area contributed by atoms with E-state index in [0.29, 0.717) is 5.70 Å². The zero-order valence-corrected chi connectivity index (χ0v) is 32.4. The zero-order chi connectivity index (χ0) is 38.8. The van der Waals surface area contributed by atoms with Gasteiger partial charge < -0.3 is 5.73 Å². The van der Waals surface area contributed by atoms with Gasteiger partial charge in [0.15, 0.2) is 0 Å². The SMILES string of the molecule is CCC(/N=C(\C=C(/N)C1=CCC(C)(c2cccnc2)C=C1)c1cccc(-c2ccccc2)c1)c1cccc(-c2ccc3c4ccccc4c4ccccc4c3c2)c1. The number of nitrogens with two attached hydrogens (primary N) is 1. The van der Waals surface area contributed by atoms with Crippen LogP contribution in [0, 0.1) is 0 Å². The lowest BCUT2D eigenvalue weighted by Crippen LogP contribution is -2.21. The van der Waals surface area contributed by atoms with Crippen molar-refractivity contribution in [3.63, 3.8) is 0 Å². The summed E-state index contributed by atoms with van der Waals surface area (Å²) < 4.78 is 0. The van der Waals surface area contributed by atoms with Crippen molar-refractivity contribution in [2.24, 2.45) is 10.7 Å². The molecule has 0 fully saturated rings. The molecule has 3 nitrogen and oxygen atoms in total. The lowest BCUT2D eigenvalue weighted by molar-refractivity contribution is 0.594. The summed E-state index contributed by atoms with van der Waals surface area (Å²) in [5.74, 6) is 0. The number of pyridine rings is 1. The Bertz CT molecular complexity index is 2850. The number of fused-ring (bicyclic) bond motifs is 6. The molecule has 0 aliphatic heterocycles. The molecule has 1 aliphatic rings. The molecule has 0 amide bonds. The first kappa shape index (κ1) is 35.8. The minimum absolute atomic E-state index is 0.0839. The first-order valence-electron chi connectivity index (χ1n) is 19.9. The van der Waals surface area contributed by atoms with Crippen molar-refractivity contribution >= 4 is 38.0 Å². The van der Waals surface area contributed by atoms with Crippen LogP contribution in [0.5, 0.6) is 0 Å². The molecule has 57 heavy (non-hydrogen) atoms. The Balaban J connectivity index is 1.11. The van der Waals surface area contributed by atoms with E-state index in [1.54, 1.807) is 0 Å². The standard InChI is InChI=1S/C54H45N3/c1-3-52(42-18-12-17-40(33-42)41-25-26-49-47-23-8-7-21-45(47)46-22-9-10-24-48(46)50(49)34-41)57-53(43-19-11-16-39(32-43)37-14-5-4-6-15-37)35-51(55)38-27-29-54(2,30-28-38)44-20-13-31-56-36-44/h4-29,31-36,52H,3,30,55H2,1-2H3/b51-35-,57-53+. The second-order valence-electron chi connectivity index (χ2n) is 15.3. The molecule has 1 aliphatic carbocycles. The highest BCUT2D eigenvalue weighted by Gasteiger charge is 2.25. The van der Waals surface area contributed by atoms with Gasteiger partial charge in [-0.05, 0) is 114 Å². The minimum atomic E-state index is -0.136. The van der Waals surface area contributed by atoms with Gasteiger partial charge in [-0.3, -0.25) is 9.98 Å². The molecule has 0 radical (unpaired) electrons. The Labute approximate surface area is 335 Å². The highest BCUT2D eigenvalue weighted by molar-refractivity contribution is 6.25. The van der Waals surface area contributed by atoms with Crippen molar-refractivity contribution in [2.75, 3.05) is 0 Å². The topological polar surface area (TPSA) is 51.3 Å². The Morgan fingerprint density at radius 2 is 1.30 bits per heavy atom. The molecule has 276 valence electrons. The molecule has 3 heteroatoms. The first-order valence-corrected chi connectivity index (χ1v) is 19.9. The molecule has 0 bridgehead atoms. The number of hydrogen-bond donors (Lipinski definition) is 1. The molecule has 0 saturated carbocycles. The minimum Gasteiger partial charge on any atom is -0.398 e. The highest BCUT2D eigenvalue weighted by atomic mass is 14.8. The third-order valence-corrected chi connectivity index (χ3v) is 11.6. The van der Waals surface area contributed by atoms with Crippen molar-refractivity contribution in [3.05, 3.63) is 222 Å². The van der Waals surface area contributed by atoms with E-state index >= 15 is 0 Å². The van der Waals surface area contributed by atoms with Crippen LogP contribution in [0.15, 0.2) is 211 Å². The van der Waals surface area contributed by atoms with Gasteiger partial charge in [0.2, 0.25) is 0 Å². The van der Waals surface area contributed by atoms with E-state index in [0.717, 1.165) is 35.3 Å². The largest absolute Gasteiger partial charge is 0.398 e. The molecule has 1 aromatic heterocycles. The van der Waals surface area contributed by atoms with Gasteiger partial charge >= 0.3 is 0 Å². The number of rotatable bonds is 9. The van der Waals surface area contributed by atoms with E-state index in [1.807, 2.05) is 18.5 Å². The molecule has 2 atom stereocenters. The fourth-order valence-electron chi connectivity index (χ4n) is 8.36. The highest BCUT2D eigenvalue weighted by Crippen LogP contribution is 2.38. The summed E-state index contributed by atoms with van der Waals surface area (Å²) in [6.45, 7) is 4.46. The summed E-state index contributed by atoms with van der Waals surface area (Å²) in [4.78, 5) is 9.91. The van der Waals surface area contributed by atoms with Crippen LogP contribution in [0.4, 0.5) is 0 Å². The Morgan fingerprint density at radius 1 is 0.667 bits per heavy atom. The van der Waals surface area contributed by atoms with E-state index in [9.17, 15) is 0 Å². The fraction of sp³-hybridized carbons (Fsp3) is 0.111. The monoisotopic (exact) mass is 735 g/mol. The van der Waals surface area contributed by atoms with Gasteiger partial charge in [0.05, 0.1) is 11.8 Å². The molecular formula is C54H45N3. The maximum atomic E-state index is 6.99. The van der Waals surface area contributed by atoms with Gasteiger partial charge in [0.25, 0.3) is 0 Å². The second kappa shape index (κ2) is 15.4. The van der Waals surface area contributed by atoms with E-state index in [4.69, 9.17) is 10.7 Å². The van der Waals surface area contributed by atoms with Gasteiger partial charge in [0.1, 0.15) is 0 Å². The molecule has 1 heterocycles. The van der Waals surface area contributed by atoms with Crippen molar-refractivity contribution in [3.8, 4) is 22.3 Å². The third kappa shape index (κ3) is 7.09. The smallest absolute Gasteiger partial charge is 0.0754 e. The average Bonchev–Trinajstić information content (AvgIpc) is 3.28. The van der Waals surface area contributed by atoms with E-state index in [2.05, 4.69) is 195 Å². The predicted molar refractivity (Wildman–Crippen MR) is 242 cm³/mol. The number of benzene rings is 7. The summed E-state index contributed by atoms with van der Waals surface area (Å²) in [6, 6.07) is 56.6. The van der Waals surface area contributed by atoms with Gasteiger partial charge in [-0.1, -0.05) is 166 Å². The summed E-state index contributed by atoms with van der Waals surface area (Å²) in [6.07, 6.45) is 14.2. The lowest BCUT2D eigenvalue weighted by Gasteiger charge is -2.28. The van der Waals surface area contributed by atoms with Crippen LogP contribution in [-0.2, 0) is 5.41 Å². The second-order valence-corrected chi connectivity index (χ2v) is 15.3. The van der Waals surface area contributed by atoms with Crippen LogP contribution in [0.2, 0.25) is 0 Å². The summed E-state index contributed by atoms with van der Waals surface area (Å²) in [5, 5.41) is 7.67. The van der Waals surface area contributed by atoms with Gasteiger partial charge in [-0.2, -0.15) is 0 Å². The molecule has 0 saturated heterocycles. The maximum Gasteiger partial charge on any atom is 0.0754 e. The maximum absolute atomic E-state index is 6.99. The Morgan fingerprint density at radius 3 is 1.96 bits per heavy atom. The number of hydrogen-bond acceptors (Lipinski definition) is 3. The molecule has 2 unspecified atom stereocenters. The zero-order valence-electron chi connectivity index (χ0n) is 32.4. The van der Waals surface area contributed by atoms with Crippen molar-refractivity contribution in [1.29, 1.82) is 0 Å². The Kier molecular flexibility index (Phi) is 9.66. The molecule has 2 N–H and O–H groups in total. The van der Waals surface area contributed by atoms with Gasteiger partial charge in [0, 0.05) is 29.1 Å². The van der Waals surface area contributed by atoms with Gasteiger partial charge in [-0.15, -0.1) is 0 Å². The molecule has 8 aromatic rings. The first-order chi connectivity index (χ1) is 28.0. The summed E-state index contributed by atoms with van der Waals surface area (Å²) >= 11 is 0. The molecule has 7 aromatic carbocycles. The normalized spacial score (nSPS) is 16.6. The van der Waals surface area contributed by atoms with E-state index in [1.165, 1.54) is 60.1 Å². The third-order valence-electron chi connectivity index (χ3n) is 11.6. The van der Waals surface area contributed by atoms with Crippen molar-refractivity contribution in [1.82, 2.24) is 4.98 Å². The van der Waals surface area contributed by atoms with Crippen LogP contribution in [0.3, 0.4) is 0 Å². The molecular weight excluding hydrogens is 691 g/mol. The number of aliphatic imine (C=N–C) groups is 1. The van der Waals surface area contributed by atoms with E-state index in [-0.39, 0.29) is 11.5 Å². The summed E-state index contributed by atoms with van der Waals surface area (Å²) in [7, 11) is 0. The van der Waals surface area contributed by atoms with Crippen molar-refractivity contribution < 1.29 is 0 Å². The Hall–Kier alpha value is -6.84. The lowest BCUT2D eigenvalue weighted by atomic mass is 9.76. The van der Waals surface area contributed by atoms with Crippen LogP contribution in [0.1, 0.15) is 49.4 Å². The average molecular weight is 736 g/mol. The van der Waals surface area contributed by atoms with Crippen LogP contribution in [-0.4, -0.2) is 10.7 Å². The fourth-order valence-corrected chi connectivity index (χ4v) is 8.36. The molecule has 0 spiro atoms. The van der Waals surface area contributed by atoms with Gasteiger partial charge in [-0.25, -0.2) is 0 Å². The van der Waals surface area contributed by atoms with Crippen LogP contribution >= 0.6 is 0 Å². The van der Waals surface area contributed by atoms with Crippen LogP contribution < -0.4 is 5.73 Å². The van der Waals surface area contributed by atoms with Crippen LogP contribution in [0.25, 0.3) is 54.6 Å². The van der Waals surface area contributed by atoms with E-state index < -0.39 is 0 Å². The molecule has 9 rings (SSSR count).